The maximum Gasteiger partial charge on any atom is 0.329 e. The number of carboxylic acid groups (broad SMARTS) is 1. The summed E-state index contributed by atoms with van der Waals surface area (Å²) in [5.74, 6) is -0.0550. The lowest BCUT2D eigenvalue weighted by Crippen LogP contribution is -2.42. The highest BCUT2D eigenvalue weighted by Crippen LogP contribution is 2.19. The molecule has 0 spiro atoms. The van der Waals surface area contributed by atoms with Gasteiger partial charge in [0.15, 0.2) is 0 Å². The Hall–Kier alpha value is -1.85. The molecule has 6 heteroatoms. The summed E-state index contributed by atoms with van der Waals surface area (Å²) in [7, 11) is 0. The third-order valence-electron chi connectivity index (χ3n) is 2.52. The van der Waals surface area contributed by atoms with E-state index in [4.69, 9.17) is 9.84 Å². The molecule has 17 heavy (non-hydrogen) atoms. The Morgan fingerprint density at radius 3 is 2.76 bits per heavy atom. The minimum atomic E-state index is -1.04. The summed E-state index contributed by atoms with van der Waals surface area (Å²) in [5, 5.41) is 12.0. The van der Waals surface area contributed by atoms with Crippen LogP contribution in [0.15, 0.2) is 12.4 Å². The fraction of sp³-hybridized carbons (Fsp3) is 0.545. The van der Waals surface area contributed by atoms with E-state index in [0.717, 1.165) is 0 Å². The molecule has 0 bridgehead atoms. The molecular formula is C11H17N3O3. The standard InChI is InChI=1S/C11H17N3O3/c1-4-11(3,10(15)16)14-8-6-9(17-5-2)13-7-12-8/h6-7H,4-5H2,1-3H3,(H,15,16)(H,12,13,14). The van der Waals surface area contributed by atoms with Gasteiger partial charge in [0, 0.05) is 6.07 Å². The number of anilines is 1. The molecule has 1 rings (SSSR count). The van der Waals surface area contributed by atoms with Gasteiger partial charge in [-0.2, -0.15) is 0 Å². The molecule has 2 N–H and O–H groups in total. The Morgan fingerprint density at radius 1 is 1.53 bits per heavy atom. The highest BCUT2D eigenvalue weighted by Gasteiger charge is 2.31. The Labute approximate surface area is 100 Å². The summed E-state index contributed by atoms with van der Waals surface area (Å²) in [5.41, 5.74) is -1.04. The molecule has 0 amide bonds. The van der Waals surface area contributed by atoms with Crippen LogP contribution in [0.1, 0.15) is 27.2 Å². The minimum absolute atomic E-state index is 0.425. The molecule has 6 nitrogen and oxygen atoms in total. The molecular weight excluding hydrogens is 222 g/mol. The summed E-state index contributed by atoms with van der Waals surface area (Å²) >= 11 is 0. The van der Waals surface area contributed by atoms with Crippen molar-refractivity contribution >= 4 is 11.8 Å². The number of aliphatic carboxylic acids is 1. The number of nitrogens with zero attached hydrogens (tertiary/aromatic N) is 2. The van der Waals surface area contributed by atoms with Crippen LogP contribution < -0.4 is 10.1 Å². The van der Waals surface area contributed by atoms with E-state index < -0.39 is 11.5 Å². The fourth-order valence-electron chi connectivity index (χ4n) is 1.21. The van der Waals surface area contributed by atoms with Crippen molar-refractivity contribution in [3.8, 4) is 5.88 Å². The smallest absolute Gasteiger partial charge is 0.329 e. The molecule has 0 aliphatic carbocycles. The quantitative estimate of drug-likeness (QED) is 0.783. The maximum absolute atomic E-state index is 11.1. The Bertz CT molecular complexity index is 397. The van der Waals surface area contributed by atoms with Crippen molar-refractivity contribution in [3.05, 3.63) is 12.4 Å². The van der Waals surface area contributed by atoms with Crippen LogP contribution in [0.4, 0.5) is 5.82 Å². The lowest BCUT2D eigenvalue weighted by molar-refractivity contribution is -0.141. The number of hydrogen-bond donors (Lipinski definition) is 2. The van der Waals surface area contributed by atoms with E-state index in [1.165, 1.54) is 6.33 Å². The number of hydrogen-bond acceptors (Lipinski definition) is 5. The molecule has 0 aliphatic heterocycles. The first kappa shape index (κ1) is 13.2. The van der Waals surface area contributed by atoms with Crippen molar-refractivity contribution in [1.82, 2.24) is 9.97 Å². The molecule has 0 aliphatic rings. The van der Waals surface area contributed by atoms with Crippen molar-refractivity contribution in [2.75, 3.05) is 11.9 Å². The number of rotatable bonds is 6. The van der Waals surface area contributed by atoms with Gasteiger partial charge in [-0.3, -0.25) is 0 Å². The lowest BCUT2D eigenvalue weighted by atomic mass is 9.99. The number of carbonyl (C=O) groups is 1. The van der Waals surface area contributed by atoms with Gasteiger partial charge >= 0.3 is 5.97 Å². The van der Waals surface area contributed by atoms with Gasteiger partial charge in [0.2, 0.25) is 5.88 Å². The summed E-state index contributed by atoms with van der Waals surface area (Å²) in [6, 6.07) is 1.58. The topological polar surface area (TPSA) is 84.3 Å². The maximum atomic E-state index is 11.1. The molecule has 94 valence electrons. The van der Waals surface area contributed by atoms with Crippen LogP contribution >= 0.6 is 0 Å². The summed E-state index contributed by atoms with van der Waals surface area (Å²) < 4.78 is 5.22. The van der Waals surface area contributed by atoms with Gasteiger partial charge in [0.05, 0.1) is 6.61 Å². The van der Waals surface area contributed by atoms with Crippen molar-refractivity contribution in [3.63, 3.8) is 0 Å². The zero-order valence-corrected chi connectivity index (χ0v) is 10.2. The zero-order valence-electron chi connectivity index (χ0n) is 10.2. The predicted molar refractivity (Wildman–Crippen MR) is 63.2 cm³/mol. The van der Waals surface area contributed by atoms with E-state index in [-0.39, 0.29) is 0 Å². The highest BCUT2D eigenvalue weighted by molar-refractivity contribution is 5.81. The molecule has 1 aromatic heterocycles. The molecule has 1 heterocycles. The van der Waals surface area contributed by atoms with Gasteiger partial charge in [0.25, 0.3) is 0 Å². The van der Waals surface area contributed by atoms with E-state index in [1.807, 2.05) is 6.92 Å². The number of nitrogens with one attached hydrogen (secondary N) is 1. The summed E-state index contributed by atoms with van der Waals surface area (Å²) in [6.07, 6.45) is 1.78. The Kier molecular flexibility index (Phi) is 4.25. The van der Waals surface area contributed by atoms with Crippen LogP contribution in [-0.2, 0) is 4.79 Å². The molecule has 1 aromatic rings. The van der Waals surface area contributed by atoms with E-state index in [1.54, 1.807) is 19.9 Å². The molecule has 0 aromatic carbocycles. The van der Waals surface area contributed by atoms with Crippen LogP contribution in [0, 0.1) is 0 Å². The third-order valence-corrected chi connectivity index (χ3v) is 2.52. The normalized spacial score (nSPS) is 13.8. The number of ether oxygens (including phenoxy) is 1. The first-order valence-electron chi connectivity index (χ1n) is 5.48. The number of carboxylic acids is 1. The first-order valence-corrected chi connectivity index (χ1v) is 5.48. The van der Waals surface area contributed by atoms with Crippen molar-refractivity contribution in [2.45, 2.75) is 32.7 Å². The van der Waals surface area contributed by atoms with Gasteiger partial charge in [-0.1, -0.05) is 6.92 Å². The van der Waals surface area contributed by atoms with E-state index >= 15 is 0 Å². The van der Waals surface area contributed by atoms with Gasteiger partial charge < -0.3 is 15.2 Å². The van der Waals surface area contributed by atoms with Crippen molar-refractivity contribution in [2.24, 2.45) is 0 Å². The monoisotopic (exact) mass is 239 g/mol. The average Bonchev–Trinajstić information content (AvgIpc) is 2.29. The van der Waals surface area contributed by atoms with E-state index in [9.17, 15) is 4.79 Å². The van der Waals surface area contributed by atoms with Crippen LogP contribution in [0.3, 0.4) is 0 Å². The fourth-order valence-corrected chi connectivity index (χ4v) is 1.21. The SMILES string of the molecule is CCOc1cc(NC(C)(CC)C(=O)O)ncn1. The molecule has 0 radical (unpaired) electrons. The zero-order chi connectivity index (χ0) is 12.9. The van der Waals surface area contributed by atoms with Crippen molar-refractivity contribution in [1.29, 1.82) is 0 Å². The van der Waals surface area contributed by atoms with Gasteiger partial charge in [-0.25, -0.2) is 14.8 Å². The third kappa shape index (κ3) is 3.30. The Morgan fingerprint density at radius 2 is 2.24 bits per heavy atom. The molecule has 1 atom stereocenters. The second-order valence-corrected chi connectivity index (χ2v) is 3.79. The number of aromatic nitrogens is 2. The largest absolute Gasteiger partial charge is 0.480 e. The minimum Gasteiger partial charge on any atom is -0.480 e. The van der Waals surface area contributed by atoms with E-state index in [0.29, 0.717) is 24.7 Å². The highest BCUT2D eigenvalue weighted by atomic mass is 16.5. The molecule has 0 saturated heterocycles. The Balaban J connectivity index is 2.86. The lowest BCUT2D eigenvalue weighted by Gasteiger charge is -2.25. The molecule has 1 unspecified atom stereocenters. The summed E-state index contributed by atoms with van der Waals surface area (Å²) in [6.45, 7) is 5.76. The predicted octanol–water partition coefficient (Wildman–Crippen LogP) is 1.54. The van der Waals surface area contributed by atoms with Crippen LogP contribution in [0.25, 0.3) is 0 Å². The first-order chi connectivity index (χ1) is 8.01. The summed E-state index contributed by atoms with van der Waals surface area (Å²) in [4.78, 5) is 19.0. The van der Waals surface area contributed by atoms with Crippen LogP contribution in [-0.4, -0.2) is 33.2 Å². The average molecular weight is 239 g/mol. The van der Waals surface area contributed by atoms with Gasteiger partial charge in [-0.05, 0) is 20.3 Å². The van der Waals surface area contributed by atoms with Crippen LogP contribution in [0.2, 0.25) is 0 Å². The van der Waals surface area contributed by atoms with Gasteiger partial charge in [0.1, 0.15) is 17.7 Å². The molecule has 0 fully saturated rings. The van der Waals surface area contributed by atoms with Gasteiger partial charge in [-0.15, -0.1) is 0 Å². The molecule has 0 saturated carbocycles. The van der Waals surface area contributed by atoms with Crippen molar-refractivity contribution < 1.29 is 14.6 Å². The second kappa shape index (κ2) is 5.47. The second-order valence-electron chi connectivity index (χ2n) is 3.79. The van der Waals surface area contributed by atoms with Crippen LogP contribution in [0.5, 0.6) is 5.88 Å². The van der Waals surface area contributed by atoms with E-state index in [2.05, 4.69) is 15.3 Å².